The normalized spacial score (nSPS) is 13.0. The molecule has 3 aromatic heterocycles. The zero-order chi connectivity index (χ0) is 19.0. The van der Waals surface area contributed by atoms with E-state index < -0.39 is 0 Å². The van der Waals surface area contributed by atoms with E-state index >= 15 is 0 Å². The van der Waals surface area contributed by atoms with Crippen LogP contribution in [0.15, 0.2) is 30.7 Å². The summed E-state index contributed by atoms with van der Waals surface area (Å²) in [5.74, 6) is 1.86. The van der Waals surface area contributed by atoms with E-state index in [1.807, 2.05) is 0 Å². The number of aromatic nitrogens is 5. The lowest BCUT2D eigenvalue weighted by atomic mass is 10.2. The van der Waals surface area contributed by atoms with Crippen LogP contribution < -0.4 is 20.1 Å². The molecule has 10 heteroatoms. The number of pyridine rings is 1. The van der Waals surface area contributed by atoms with E-state index in [1.165, 1.54) is 16.7 Å². The predicted molar refractivity (Wildman–Crippen MR) is 95.8 cm³/mol. The van der Waals surface area contributed by atoms with Gasteiger partial charge in [-0.05, 0) is 6.07 Å². The maximum Gasteiger partial charge on any atom is 0.254 e. The summed E-state index contributed by atoms with van der Waals surface area (Å²) in [4.78, 5) is 27.2. The van der Waals surface area contributed by atoms with Crippen LogP contribution in [0, 0.1) is 0 Å². The summed E-state index contributed by atoms with van der Waals surface area (Å²) in [6.45, 7) is 0.168. The molecule has 0 atom stereocenters. The third-order valence-electron chi connectivity index (χ3n) is 4.27. The van der Waals surface area contributed by atoms with Gasteiger partial charge < -0.3 is 15.2 Å². The summed E-state index contributed by atoms with van der Waals surface area (Å²) >= 11 is 0. The van der Waals surface area contributed by atoms with E-state index in [9.17, 15) is 4.79 Å². The molecule has 0 bridgehead atoms. The van der Waals surface area contributed by atoms with Crippen LogP contribution in [0.25, 0.3) is 5.95 Å². The minimum atomic E-state index is -0.143. The minimum Gasteiger partial charge on any atom is -0.493 e. The molecule has 2 N–H and O–H groups in total. The van der Waals surface area contributed by atoms with Gasteiger partial charge in [-0.1, -0.05) is 0 Å². The smallest absolute Gasteiger partial charge is 0.254 e. The molecule has 10 nitrogen and oxygen atoms in total. The number of carbonyl (C=O) groups is 1. The first-order chi connectivity index (χ1) is 13.1. The van der Waals surface area contributed by atoms with Gasteiger partial charge in [-0.25, -0.2) is 4.68 Å². The third-order valence-corrected chi connectivity index (χ3v) is 4.27. The van der Waals surface area contributed by atoms with Crippen molar-refractivity contribution in [3.8, 4) is 17.4 Å². The Morgan fingerprint density at radius 2 is 2.07 bits per heavy atom. The summed E-state index contributed by atoms with van der Waals surface area (Å²) in [5, 5.41) is 4.11. The van der Waals surface area contributed by atoms with E-state index in [4.69, 9.17) is 15.2 Å². The van der Waals surface area contributed by atoms with Gasteiger partial charge in [0.15, 0.2) is 11.5 Å². The van der Waals surface area contributed by atoms with Gasteiger partial charge in [-0.3, -0.25) is 14.7 Å². The Balaban J connectivity index is 1.76. The molecule has 27 heavy (non-hydrogen) atoms. The average Bonchev–Trinajstić information content (AvgIpc) is 3.31. The van der Waals surface area contributed by atoms with Crippen molar-refractivity contribution in [2.24, 2.45) is 0 Å². The monoisotopic (exact) mass is 367 g/mol. The van der Waals surface area contributed by atoms with Gasteiger partial charge in [0.2, 0.25) is 5.91 Å². The number of anilines is 2. The first-order valence-electron chi connectivity index (χ1n) is 8.15. The largest absolute Gasteiger partial charge is 0.493 e. The van der Waals surface area contributed by atoms with Crippen LogP contribution in [0.5, 0.6) is 11.5 Å². The number of carbonyl (C=O) groups excluding carboxylic acids is 1. The Morgan fingerprint density at radius 3 is 2.78 bits per heavy atom. The zero-order valence-corrected chi connectivity index (χ0v) is 14.8. The van der Waals surface area contributed by atoms with Crippen molar-refractivity contribution >= 4 is 17.5 Å². The molecule has 3 aromatic rings. The van der Waals surface area contributed by atoms with E-state index in [-0.39, 0.29) is 24.7 Å². The molecule has 0 unspecified atom stereocenters. The Labute approximate surface area is 154 Å². The Morgan fingerprint density at radius 1 is 1.22 bits per heavy atom. The average molecular weight is 367 g/mol. The summed E-state index contributed by atoms with van der Waals surface area (Å²) in [5.41, 5.74) is 7.21. The molecule has 0 fully saturated rings. The van der Waals surface area contributed by atoms with Gasteiger partial charge in [-0.2, -0.15) is 15.1 Å². The summed E-state index contributed by atoms with van der Waals surface area (Å²) < 4.78 is 12.2. The lowest BCUT2D eigenvalue weighted by Gasteiger charge is -2.19. The van der Waals surface area contributed by atoms with Crippen molar-refractivity contribution in [2.45, 2.75) is 13.0 Å². The second kappa shape index (κ2) is 6.56. The maximum absolute atomic E-state index is 12.6. The van der Waals surface area contributed by atoms with Crippen molar-refractivity contribution < 1.29 is 14.3 Å². The predicted octanol–water partition coefficient (Wildman–Crippen LogP) is 0.746. The lowest BCUT2D eigenvalue weighted by molar-refractivity contribution is -0.117. The third kappa shape index (κ3) is 2.80. The number of methoxy groups -OCH3 is 2. The van der Waals surface area contributed by atoms with Crippen molar-refractivity contribution in [1.82, 2.24) is 24.7 Å². The zero-order valence-electron chi connectivity index (χ0n) is 14.8. The highest BCUT2D eigenvalue weighted by Gasteiger charge is 2.33. The molecular formula is C17H17N7O3. The van der Waals surface area contributed by atoms with E-state index in [1.54, 1.807) is 37.8 Å². The van der Waals surface area contributed by atoms with Crippen molar-refractivity contribution in [3.63, 3.8) is 0 Å². The summed E-state index contributed by atoms with van der Waals surface area (Å²) in [7, 11) is 3.07. The molecule has 0 spiro atoms. The first kappa shape index (κ1) is 16.8. The quantitative estimate of drug-likeness (QED) is 0.701. The van der Waals surface area contributed by atoms with E-state index in [2.05, 4.69) is 20.1 Å². The SMILES string of the molecule is COc1ccnc(CN2C(=O)Cc3c(N)nc(-n4cccn4)nc32)c1OC. The fourth-order valence-electron chi connectivity index (χ4n) is 3.00. The van der Waals surface area contributed by atoms with Crippen LogP contribution in [0.4, 0.5) is 11.6 Å². The Bertz CT molecular complexity index is 1000. The molecular weight excluding hydrogens is 350 g/mol. The fourth-order valence-corrected chi connectivity index (χ4v) is 3.00. The van der Waals surface area contributed by atoms with E-state index in [0.717, 1.165) is 0 Å². The van der Waals surface area contributed by atoms with Gasteiger partial charge in [-0.15, -0.1) is 0 Å². The minimum absolute atomic E-state index is 0.132. The van der Waals surface area contributed by atoms with Gasteiger partial charge in [0.05, 0.1) is 27.2 Å². The molecule has 0 aromatic carbocycles. The van der Waals surface area contributed by atoms with E-state index in [0.29, 0.717) is 34.5 Å². The first-order valence-corrected chi connectivity index (χ1v) is 8.15. The molecule has 1 aliphatic rings. The number of hydrogen-bond donors (Lipinski definition) is 1. The Kier molecular flexibility index (Phi) is 4.07. The fraction of sp³-hybridized carbons (Fsp3) is 0.235. The standard InChI is InChI=1S/C17H17N7O3/c1-26-12-4-6-19-11(14(12)27-2)9-23-13(25)8-10-15(18)21-17(22-16(10)23)24-7-3-5-20-24/h3-7H,8-9H2,1-2H3,(H2,18,21,22). The molecule has 1 aliphatic heterocycles. The highest BCUT2D eigenvalue weighted by atomic mass is 16.5. The van der Waals surface area contributed by atoms with Crippen molar-refractivity contribution in [3.05, 3.63) is 42.0 Å². The van der Waals surface area contributed by atoms with Crippen LogP contribution >= 0.6 is 0 Å². The molecule has 0 saturated heterocycles. The number of nitrogens with two attached hydrogens (primary N) is 1. The maximum atomic E-state index is 12.6. The number of fused-ring (bicyclic) bond motifs is 1. The van der Waals surface area contributed by atoms with Gasteiger partial charge >= 0.3 is 0 Å². The van der Waals surface area contributed by atoms with Crippen molar-refractivity contribution in [2.75, 3.05) is 24.9 Å². The lowest BCUT2D eigenvalue weighted by Crippen LogP contribution is -2.27. The van der Waals surface area contributed by atoms with Crippen LogP contribution in [0.1, 0.15) is 11.3 Å². The van der Waals surface area contributed by atoms with Gasteiger partial charge in [0.1, 0.15) is 17.3 Å². The molecule has 0 saturated carbocycles. The van der Waals surface area contributed by atoms with Gasteiger partial charge in [0.25, 0.3) is 5.95 Å². The molecule has 1 amide bonds. The van der Waals surface area contributed by atoms with Crippen LogP contribution in [-0.4, -0.2) is 44.9 Å². The van der Waals surface area contributed by atoms with Crippen LogP contribution in [-0.2, 0) is 17.8 Å². The molecule has 4 rings (SSSR count). The molecule has 138 valence electrons. The number of nitrogen functional groups attached to an aromatic ring is 1. The topological polar surface area (TPSA) is 121 Å². The summed E-state index contributed by atoms with van der Waals surface area (Å²) in [6.07, 6.45) is 5.05. The van der Waals surface area contributed by atoms with Gasteiger partial charge in [0, 0.05) is 30.2 Å². The molecule has 4 heterocycles. The Hall–Kier alpha value is -3.69. The van der Waals surface area contributed by atoms with Crippen molar-refractivity contribution in [1.29, 1.82) is 0 Å². The number of hydrogen-bond acceptors (Lipinski definition) is 8. The van der Waals surface area contributed by atoms with Crippen LogP contribution in [0.3, 0.4) is 0 Å². The summed E-state index contributed by atoms with van der Waals surface area (Å²) in [6, 6.07) is 3.44. The number of nitrogens with zero attached hydrogens (tertiary/aromatic N) is 6. The number of ether oxygens (including phenoxy) is 2. The molecule has 0 aliphatic carbocycles. The highest BCUT2D eigenvalue weighted by molar-refractivity contribution is 6.01. The number of amides is 1. The highest BCUT2D eigenvalue weighted by Crippen LogP contribution is 2.35. The molecule has 0 radical (unpaired) electrons. The van der Waals surface area contributed by atoms with Crippen LogP contribution in [0.2, 0.25) is 0 Å². The number of rotatable bonds is 5. The second-order valence-corrected chi connectivity index (χ2v) is 5.81. The second-order valence-electron chi connectivity index (χ2n) is 5.81.